The number of hydrogen-bond donors (Lipinski definition) is 0. The van der Waals surface area contributed by atoms with Crippen molar-refractivity contribution in [2.24, 2.45) is 0 Å². The Morgan fingerprint density at radius 3 is 1.96 bits per heavy atom. The van der Waals surface area contributed by atoms with Gasteiger partial charge in [0.1, 0.15) is 11.2 Å². The van der Waals surface area contributed by atoms with Crippen LogP contribution in [0.1, 0.15) is 25.0 Å². The fourth-order valence-electron chi connectivity index (χ4n) is 8.26. The van der Waals surface area contributed by atoms with Crippen LogP contribution in [0.4, 0.5) is 17.1 Å². The van der Waals surface area contributed by atoms with E-state index in [1.54, 1.807) is 0 Å². The lowest BCUT2D eigenvalue weighted by Gasteiger charge is -2.27. The monoisotopic (exact) mass is 653 g/mol. The maximum atomic E-state index is 6.25. The maximum absolute atomic E-state index is 6.25. The van der Waals surface area contributed by atoms with Gasteiger partial charge in [-0.3, -0.25) is 0 Å². The first-order valence-electron chi connectivity index (χ1n) is 17.7. The quantitative estimate of drug-likeness (QED) is 0.184. The van der Waals surface area contributed by atoms with Crippen molar-refractivity contribution in [3.05, 3.63) is 187 Å². The van der Waals surface area contributed by atoms with Crippen LogP contribution in [0.3, 0.4) is 0 Å². The summed E-state index contributed by atoms with van der Waals surface area (Å²) in [5.41, 5.74) is 15.2. The molecule has 0 atom stereocenters. The third-order valence-corrected chi connectivity index (χ3v) is 10.9. The van der Waals surface area contributed by atoms with Crippen LogP contribution in [-0.2, 0) is 5.41 Å². The smallest absolute Gasteiger partial charge is 0.135 e. The molecule has 0 bridgehead atoms. The molecule has 1 heterocycles. The van der Waals surface area contributed by atoms with Gasteiger partial charge >= 0.3 is 0 Å². The van der Waals surface area contributed by atoms with Gasteiger partial charge in [0.25, 0.3) is 0 Å². The lowest BCUT2D eigenvalue weighted by molar-refractivity contribution is 0.660. The van der Waals surface area contributed by atoms with E-state index in [4.69, 9.17) is 4.42 Å². The summed E-state index contributed by atoms with van der Waals surface area (Å²) in [7, 11) is 0. The Morgan fingerprint density at radius 2 is 1.10 bits per heavy atom. The summed E-state index contributed by atoms with van der Waals surface area (Å²) in [5.74, 6) is 0. The molecule has 9 aromatic rings. The van der Waals surface area contributed by atoms with E-state index in [2.05, 4.69) is 183 Å². The molecule has 0 aliphatic heterocycles. The Balaban J connectivity index is 1.16. The fourth-order valence-corrected chi connectivity index (χ4v) is 8.26. The molecule has 2 nitrogen and oxygen atoms in total. The molecule has 8 aromatic carbocycles. The summed E-state index contributed by atoms with van der Waals surface area (Å²) in [5, 5.41) is 4.73. The molecule has 51 heavy (non-hydrogen) atoms. The second kappa shape index (κ2) is 11.3. The number of hydrogen-bond acceptors (Lipinski definition) is 2. The van der Waals surface area contributed by atoms with Crippen LogP contribution in [0.25, 0.3) is 66.1 Å². The van der Waals surface area contributed by atoms with Crippen molar-refractivity contribution in [2.45, 2.75) is 19.3 Å². The van der Waals surface area contributed by atoms with E-state index in [0.717, 1.165) is 39.0 Å². The number of benzene rings is 8. The van der Waals surface area contributed by atoms with Crippen molar-refractivity contribution in [1.82, 2.24) is 0 Å². The van der Waals surface area contributed by atoms with Crippen LogP contribution in [0, 0.1) is 0 Å². The highest BCUT2D eigenvalue weighted by molar-refractivity contribution is 6.06. The van der Waals surface area contributed by atoms with Gasteiger partial charge in [-0.2, -0.15) is 0 Å². The predicted molar refractivity (Wildman–Crippen MR) is 214 cm³/mol. The summed E-state index contributed by atoms with van der Waals surface area (Å²) in [6, 6.07) is 63.8. The number of nitrogens with zero attached hydrogens (tertiary/aromatic N) is 1. The largest absolute Gasteiger partial charge is 0.456 e. The van der Waals surface area contributed by atoms with Crippen LogP contribution >= 0.6 is 0 Å². The third kappa shape index (κ3) is 4.71. The summed E-state index contributed by atoms with van der Waals surface area (Å²) < 4.78 is 6.25. The van der Waals surface area contributed by atoms with Gasteiger partial charge in [-0.1, -0.05) is 135 Å². The molecule has 0 fully saturated rings. The van der Waals surface area contributed by atoms with Gasteiger partial charge in [-0.25, -0.2) is 0 Å². The maximum Gasteiger partial charge on any atom is 0.135 e. The molecule has 1 aliphatic carbocycles. The minimum absolute atomic E-state index is 0.116. The summed E-state index contributed by atoms with van der Waals surface area (Å²) >= 11 is 0. The van der Waals surface area contributed by atoms with Crippen LogP contribution in [0.15, 0.2) is 180 Å². The molecule has 242 valence electrons. The number of anilines is 3. The van der Waals surface area contributed by atoms with Gasteiger partial charge in [0.15, 0.2) is 0 Å². The van der Waals surface area contributed by atoms with E-state index < -0.39 is 0 Å². The molecular formula is C49H35NO. The lowest BCUT2D eigenvalue weighted by Crippen LogP contribution is -2.15. The number of rotatable bonds is 5. The SMILES string of the molecule is CC1(C)c2ccc(N(c3ccc(-c4ccc5ccccc5c4)cc3)c3ccc4oc5ccccc5c4c3)cc2-c2c(-c3ccccc3)cccc21. The Labute approximate surface area is 297 Å². The van der Waals surface area contributed by atoms with E-state index >= 15 is 0 Å². The first-order valence-corrected chi connectivity index (χ1v) is 17.7. The molecule has 0 N–H and O–H groups in total. The standard InChI is InChI=1S/C49H35NO/c1-49(2)44-27-25-38(31-43(44)48-40(16-10-17-45(48)49)34-12-4-3-5-13-34)50(39-26-28-47-42(30-39)41-15-8-9-18-46(41)51-47)37-23-21-33(22-24-37)36-20-19-32-11-6-7-14-35(32)29-36/h3-31H,1-2H3. The highest BCUT2D eigenvalue weighted by Gasteiger charge is 2.37. The van der Waals surface area contributed by atoms with Crippen LogP contribution in [0.5, 0.6) is 0 Å². The molecule has 0 saturated heterocycles. The van der Waals surface area contributed by atoms with Gasteiger partial charge in [0, 0.05) is 33.2 Å². The summed E-state index contributed by atoms with van der Waals surface area (Å²) in [6.45, 7) is 4.71. The molecule has 1 aliphatic rings. The normalized spacial score (nSPS) is 13.1. The Bertz CT molecular complexity index is 2770. The van der Waals surface area contributed by atoms with Crippen molar-refractivity contribution in [3.8, 4) is 33.4 Å². The fraction of sp³-hybridized carbons (Fsp3) is 0.0612. The van der Waals surface area contributed by atoms with Gasteiger partial charge in [-0.05, 0) is 110 Å². The Kier molecular flexibility index (Phi) is 6.56. The van der Waals surface area contributed by atoms with Crippen molar-refractivity contribution in [3.63, 3.8) is 0 Å². The molecule has 0 spiro atoms. The number of furan rings is 1. The first kappa shape index (κ1) is 29.5. The topological polar surface area (TPSA) is 16.4 Å². The zero-order valence-corrected chi connectivity index (χ0v) is 28.6. The number of para-hydroxylation sites is 1. The average Bonchev–Trinajstić information content (AvgIpc) is 3.67. The zero-order valence-electron chi connectivity index (χ0n) is 28.6. The van der Waals surface area contributed by atoms with E-state index in [0.29, 0.717) is 0 Å². The highest BCUT2D eigenvalue weighted by atomic mass is 16.3. The molecule has 0 unspecified atom stereocenters. The lowest BCUT2D eigenvalue weighted by atomic mass is 9.82. The van der Waals surface area contributed by atoms with Gasteiger partial charge in [-0.15, -0.1) is 0 Å². The van der Waals surface area contributed by atoms with Gasteiger partial charge < -0.3 is 9.32 Å². The minimum atomic E-state index is -0.116. The second-order valence-electron chi connectivity index (χ2n) is 14.2. The molecule has 0 saturated carbocycles. The Morgan fingerprint density at radius 1 is 0.412 bits per heavy atom. The van der Waals surface area contributed by atoms with E-state index in [1.165, 1.54) is 55.3 Å². The van der Waals surface area contributed by atoms with Gasteiger partial charge in [0.2, 0.25) is 0 Å². The minimum Gasteiger partial charge on any atom is -0.456 e. The Hall–Kier alpha value is -6.38. The van der Waals surface area contributed by atoms with Gasteiger partial charge in [0.05, 0.1) is 0 Å². The third-order valence-electron chi connectivity index (χ3n) is 10.9. The van der Waals surface area contributed by atoms with Crippen LogP contribution < -0.4 is 4.90 Å². The van der Waals surface area contributed by atoms with E-state index in [-0.39, 0.29) is 5.41 Å². The van der Waals surface area contributed by atoms with Crippen LogP contribution in [-0.4, -0.2) is 0 Å². The zero-order chi connectivity index (χ0) is 34.1. The highest BCUT2D eigenvalue weighted by Crippen LogP contribution is 2.53. The molecular weight excluding hydrogens is 619 g/mol. The van der Waals surface area contributed by atoms with E-state index in [1.807, 2.05) is 12.1 Å². The molecule has 2 heteroatoms. The number of fused-ring (bicyclic) bond motifs is 7. The first-order chi connectivity index (χ1) is 25.0. The second-order valence-corrected chi connectivity index (χ2v) is 14.2. The van der Waals surface area contributed by atoms with Crippen LogP contribution in [0.2, 0.25) is 0 Å². The molecule has 10 rings (SSSR count). The molecule has 0 radical (unpaired) electrons. The predicted octanol–water partition coefficient (Wildman–Crippen LogP) is 13.8. The average molecular weight is 654 g/mol. The van der Waals surface area contributed by atoms with Crippen molar-refractivity contribution < 1.29 is 4.42 Å². The van der Waals surface area contributed by atoms with Crippen molar-refractivity contribution in [2.75, 3.05) is 4.90 Å². The summed E-state index contributed by atoms with van der Waals surface area (Å²) in [6.07, 6.45) is 0. The summed E-state index contributed by atoms with van der Waals surface area (Å²) in [4.78, 5) is 2.39. The van der Waals surface area contributed by atoms with Crippen molar-refractivity contribution >= 4 is 49.8 Å². The van der Waals surface area contributed by atoms with E-state index in [9.17, 15) is 0 Å². The van der Waals surface area contributed by atoms with Crippen molar-refractivity contribution in [1.29, 1.82) is 0 Å². The molecule has 1 aromatic heterocycles. The molecule has 0 amide bonds.